The minimum atomic E-state index is 0.416. The second-order valence-electron chi connectivity index (χ2n) is 5.28. The molecule has 1 unspecified atom stereocenters. The van der Waals surface area contributed by atoms with Gasteiger partial charge in [-0.1, -0.05) is 18.2 Å². The quantitative estimate of drug-likeness (QED) is 0.866. The minimum absolute atomic E-state index is 0.416. The summed E-state index contributed by atoms with van der Waals surface area (Å²) in [7, 11) is 2.14. The van der Waals surface area contributed by atoms with Crippen LogP contribution < -0.4 is 5.32 Å². The van der Waals surface area contributed by atoms with Crippen molar-refractivity contribution in [2.75, 3.05) is 25.5 Å². The van der Waals surface area contributed by atoms with E-state index < -0.39 is 0 Å². The van der Waals surface area contributed by atoms with Gasteiger partial charge in [0.25, 0.3) is 0 Å². The van der Waals surface area contributed by atoms with Gasteiger partial charge in [0.1, 0.15) is 17.5 Å². The average Bonchev–Trinajstić information content (AvgIpc) is 2.75. The van der Waals surface area contributed by atoms with Crippen LogP contribution in [0.5, 0.6) is 0 Å². The molecule has 19 heavy (non-hydrogen) atoms. The maximum atomic E-state index is 9.37. The van der Waals surface area contributed by atoms with E-state index in [0.717, 1.165) is 41.8 Å². The van der Waals surface area contributed by atoms with Crippen molar-refractivity contribution in [2.45, 2.75) is 18.9 Å². The van der Waals surface area contributed by atoms with E-state index in [1.165, 1.54) is 6.42 Å². The van der Waals surface area contributed by atoms with Gasteiger partial charge in [0, 0.05) is 23.5 Å². The Morgan fingerprint density at radius 2 is 2.26 bits per heavy atom. The fourth-order valence-corrected chi connectivity index (χ4v) is 2.85. The van der Waals surface area contributed by atoms with Gasteiger partial charge in [0.2, 0.25) is 0 Å². The summed E-state index contributed by atoms with van der Waals surface area (Å²) in [4.78, 5) is 5.65. The molecule has 0 radical (unpaired) electrons. The molecule has 4 nitrogen and oxygen atoms in total. The number of anilines is 1. The third-order valence-electron chi connectivity index (χ3n) is 3.79. The molecule has 1 aliphatic rings. The number of hydrogen-bond acceptors (Lipinski definition) is 3. The molecule has 0 spiro atoms. The number of likely N-dealkylation sites (tertiary alicyclic amines) is 1. The van der Waals surface area contributed by atoms with Gasteiger partial charge in [0.05, 0.1) is 0 Å². The Bertz CT molecular complexity index is 623. The number of nitrogens with zero attached hydrogens (tertiary/aromatic N) is 2. The van der Waals surface area contributed by atoms with Crippen molar-refractivity contribution in [3.05, 3.63) is 29.8 Å². The summed E-state index contributed by atoms with van der Waals surface area (Å²) in [5.74, 6) is 0.865. The fraction of sp³-hybridized carbons (Fsp3) is 0.400. The molecule has 2 N–H and O–H groups in total. The third kappa shape index (κ3) is 2.29. The molecule has 1 atom stereocenters. The normalized spacial score (nSPS) is 20.3. The Hall–Kier alpha value is -1.99. The second-order valence-corrected chi connectivity index (χ2v) is 5.28. The van der Waals surface area contributed by atoms with Crippen LogP contribution in [0, 0.1) is 11.3 Å². The first-order valence-electron chi connectivity index (χ1n) is 6.74. The number of hydrogen-bond donors (Lipinski definition) is 2. The molecule has 0 bridgehead atoms. The van der Waals surface area contributed by atoms with E-state index >= 15 is 0 Å². The van der Waals surface area contributed by atoms with Gasteiger partial charge >= 0.3 is 0 Å². The van der Waals surface area contributed by atoms with Crippen molar-refractivity contribution in [1.29, 1.82) is 5.26 Å². The number of piperidine rings is 1. The van der Waals surface area contributed by atoms with Gasteiger partial charge in [-0.05, 0) is 32.5 Å². The predicted octanol–water partition coefficient (Wildman–Crippen LogP) is 2.55. The molecule has 0 amide bonds. The smallest absolute Gasteiger partial charge is 0.122 e. The number of aromatic nitrogens is 1. The van der Waals surface area contributed by atoms with Crippen LogP contribution in [0.25, 0.3) is 10.9 Å². The number of nitriles is 1. The van der Waals surface area contributed by atoms with Crippen molar-refractivity contribution in [3.63, 3.8) is 0 Å². The molecular formula is C15H18N4. The second kappa shape index (κ2) is 4.94. The first kappa shape index (κ1) is 12.1. The Morgan fingerprint density at radius 1 is 1.42 bits per heavy atom. The zero-order chi connectivity index (χ0) is 13.2. The number of aromatic amines is 1. The van der Waals surface area contributed by atoms with Crippen LogP contribution in [0.3, 0.4) is 0 Å². The summed E-state index contributed by atoms with van der Waals surface area (Å²) >= 11 is 0. The summed E-state index contributed by atoms with van der Waals surface area (Å²) in [6, 6.07) is 10.7. The molecule has 1 fully saturated rings. The van der Waals surface area contributed by atoms with Gasteiger partial charge in [-0.2, -0.15) is 5.26 Å². The molecule has 2 heterocycles. The molecule has 1 aromatic carbocycles. The van der Waals surface area contributed by atoms with Crippen molar-refractivity contribution >= 4 is 16.7 Å². The highest BCUT2D eigenvalue weighted by Crippen LogP contribution is 2.26. The van der Waals surface area contributed by atoms with Gasteiger partial charge in [-0.25, -0.2) is 0 Å². The fourth-order valence-electron chi connectivity index (χ4n) is 2.85. The van der Waals surface area contributed by atoms with E-state index in [4.69, 9.17) is 0 Å². The van der Waals surface area contributed by atoms with E-state index in [0.29, 0.717) is 6.04 Å². The third-order valence-corrected chi connectivity index (χ3v) is 3.79. The first-order valence-corrected chi connectivity index (χ1v) is 6.74. The van der Waals surface area contributed by atoms with Gasteiger partial charge in [-0.15, -0.1) is 0 Å². The van der Waals surface area contributed by atoms with Crippen LogP contribution in [-0.4, -0.2) is 36.1 Å². The summed E-state index contributed by atoms with van der Waals surface area (Å²) in [5, 5.41) is 13.9. The number of rotatable bonds is 2. The van der Waals surface area contributed by atoms with Crippen LogP contribution in [0.4, 0.5) is 5.82 Å². The number of para-hydroxylation sites is 1. The molecule has 1 aromatic heterocycles. The van der Waals surface area contributed by atoms with Crippen molar-refractivity contribution < 1.29 is 0 Å². The number of fused-ring (bicyclic) bond motifs is 1. The van der Waals surface area contributed by atoms with E-state index in [1.807, 2.05) is 24.3 Å². The van der Waals surface area contributed by atoms with E-state index in [-0.39, 0.29) is 0 Å². The maximum absolute atomic E-state index is 9.37. The topological polar surface area (TPSA) is 54.8 Å². The lowest BCUT2D eigenvalue weighted by molar-refractivity contribution is 0.261. The lowest BCUT2D eigenvalue weighted by Gasteiger charge is -2.30. The predicted molar refractivity (Wildman–Crippen MR) is 77.2 cm³/mol. The average molecular weight is 254 g/mol. The number of likely N-dealkylation sites (N-methyl/N-ethyl adjacent to an activating group) is 1. The Morgan fingerprint density at radius 3 is 3.05 bits per heavy atom. The summed E-state index contributed by atoms with van der Waals surface area (Å²) in [5.41, 5.74) is 1.74. The van der Waals surface area contributed by atoms with Crippen LogP contribution in [-0.2, 0) is 0 Å². The van der Waals surface area contributed by atoms with Crippen molar-refractivity contribution in [1.82, 2.24) is 9.88 Å². The molecule has 1 saturated heterocycles. The highest BCUT2D eigenvalue weighted by molar-refractivity contribution is 5.91. The highest BCUT2D eigenvalue weighted by Gasteiger charge is 2.19. The van der Waals surface area contributed by atoms with Crippen LogP contribution in [0.2, 0.25) is 0 Å². The van der Waals surface area contributed by atoms with E-state index in [1.54, 1.807) is 0 Å². The zero-order valence-corrected chi connectivity index (χ0v) is 11.1. The summed E-state index contributed by atoms with van der Waals surface area (Å²) in [6.07, 6.45) is 2.36. The molecule has 98 valence electrons. The lowest BCUT2D eigenvalue weighted by Crippen LogP contribution is -2.39. The maximum Gasteiger partial charge on any atom is 0.122 e. The number of nitrogens with one attached hydrogen (secondary N) is 2. The monoisotopic (exact) mass is 254 g/mol. The van der Waals surface area contributed by atoms with Crippen molar-refractivity contribution in [3.8, 4) is 6.07 Å². The lowest BCUT2D eigenvalue weighted by atomic mass is 10.1. The van der Waals surface area contributed by atoms with Gasteiger partial charge < -0.3 is 15.2 Å². The van der Waals surface area contributed by atoms with E-state index in [2.05, 4.69) is 28.3 Å². The molecule has 1 aliphatic heterocycles. The molecule has 3 rings (SSSR count). The van der Waals surface area contributed by atoms with Gasteiger partial charge in [-0.3, -0.25) is 0 Å². The number of benzene rings is 1. The zero-order valence-electron chi connectivity index (χ0n) is 11.1. The highest BCUT2D eigenvalue weighted by atomic mass is 15.2. The molecule has 0 aliphatic carbocycles. The molecule has 0 saturated carbocycles. The summed E-state index contributed by atoms with van der Waals surface area (Å²) < 4.78 is 0. The first-order chi connectivity index (χ1) is 9.28. The van der Waals surface area contributed by atoms with Gasteiger partial charge in [0.15, 0.2) is 0 Å². The minimum Gasteiger partial charge on any atom is -0.366 e. The van der Waals surface area contributed by atoms with Crippen molar-refractivity contribution in [2.24, 2.45) is 0 Å². The number of H-pyrrole nitrogens is 1. The molecular weight excluding hydrogens is 236 g/mol. The molecule has 2 aromatic rings. The Balaban J connectivity index is 1.90. The van der Waals surface area contributed by atoms with Crippen LogP contribution in [0.1, 0.15) is 18.4 Å². The molecule has 4 heteroatoms. The SMILES string of the molecule is CN1CCCC(Nc2[nH]c3ccccc3c2C#N)C1. The summed E-state index contributed by atoms with van der Waals surface area (Å²) in [6.45, 7) is 2.19. The van der Waals surface area contributed by atoms with Crippen LogP contribution in [0.15, 0.2) is 24.3 Å². The largest absolute Gasteiger partial charge is 0.366 e. The van der Waals surface area contributed by atoms with E-state index in [9.17, 15) is 5.26 Å². The Labute approximate surface area is 113 Å². The standard InChI is InChI=1S/C15H18N4/c1-19-8-4-5-11(10-19)17-15-13(9-16)12-6-2-3-7-14(12)18-15/h2-3,6-7,11,17-18H,4-5,8,10H2,1H3. The van der Waals surface area contributed by atoms with Crippen LogP contribution >= 0.6 is 0 Å². The Kier molecular flexibility index (Phi) is 3.14.